The van der Waals surface area contributed by atoms with Gasteiger partial charge >= 0.3 is 5.97 Å². The third kappa shape index (κ3) is 3.32. The number of esters is 1. The first-order valence-corrected chi connectivity index (χ1v) is 4.93. The molecule has 0 radical (unpaired) electrons. The van der Waals surface area contributed by atoms with Gasteiger partial charge in [-0.05, 0) is 31.0 Å². The predicted octanol–water partition coefficient (Wildman–Crippen LogP) is 1.46. The van der Waals surface area contributed by atoms with Crippen molar-refractivity contribution in [2.45, 2.75) is 32.5 Å². The second-order valence-corrected chi connectivity index (χ2v) is 3.34. The summed E-state index contributed by atoms with van der Waals surface area (Å²) < 4.78 is 5.01. The quantitative estimate of drug-likeness (QED) is 0.762. The fourth-order valence-corrected chi connectivity index (χ4v) is 1.03. The van der Waals surface area contributed by atoms with Crippen LogP contribution < -0.4 is 0 Å². The van der Waals surface area contributed by atoms with Crippen LogP contribution >= 0.6 is 0 Å². The molecule has 1 aromatic rings. The molecule has 1 heterocycles. The molecule has 4 heteroatoms. The molecule has 0 aromatic carbocycles. The number of aliphatic hydroxyl groups is 1. The van der Waals surface area contributed by atoms with E-state index in [0.717, 1.165) is 6.42 Å². The van der Waals surface area contributed by atoms with Crippen LogP contribution in [-0.2, 0) is 9.53 Å². The van der Waals surface area contributed by atoms with E-state index in [4.69, 9.17) is 4.74 Å². The molecular weight excluding hydrogens is 194 g/mol. The van der Waals surface area contributed by atoms with Gasteiger partial charge in [0.15, 0.2) is 6.10 Å². The minimum Gasteiger partial charge on any atom is -0.461 e. The number of carbonyl (C=O) groups excluding carboxylic acids is 1. The Morgan fingerprint density at radius 2 is 2.13 bits per heavy atom. The summed E-state index contributed by atoms with van der Waals surface area (Å²) in [5.41, 5.74) is 0.498. The van der Waals surface area contributed by atoms with Gasteiger partial charge in [0.1, 0.15) is 0 Å². The van der Waals surface area contributed by atoms with E-state index in [9.17, 15) is 9.90 Å². The molecule has 2 unspecified atom stereocenters. The maximum atomic E-state index is 11.4. The van der Waals surface area contributed by atoms with Crippen molar-refractivity contribution >= 4 is 5.97 Å². The Bertz CT molecular complexity index is 313. The summed E-state index contributed by atoms with van der Waals surface area (Å²) in [5.74, 6) is -0.615. The Balaban J connectivity index is 2.61. The van der Waals surface area contributed by atoms with Crippen molar-refractivity contribution in [1.82, 2.24) is 4.98 Å². The lowest BCUT2D eigenvalue weighted by molar-refractivity contribution is -0.158. The van der Waals surface area contributed by atoms with Crippen LogP contribution in [0.2, 0.25) is 0 Å². The number of carbonyl (C=O) groups is 1. The van der Waals surface area contributed by atoms with Crippen molar-refractivity contribution < 1.29 is 14.6 Å². The van der Waals surface area contributed by atoms with E-state index < -0.39 is 12.1 Å². The van der Waals surface area contributed by atoms with Gasteiger partial charge in [0.25, 0.3) is 0 Å². The second-order valence-electron chi connectivity index (χ2n) is 3.34. The maximum Gasteiger partial charge on any atom is 0.339 e. The van der Waals surface area contributed by atoms with Crippen LogP contribution in [0.5, 0.6) is 0 Å². The van der Waals surface area contributed by atoms with Gasteiger partial charge in [-0.25, -0.2) is 4.79 Å². The fraction of sp³-hybridized carbons (Fsp3) is 0.455. The Kier molecular flexibility index (Phi) is 4.24. The first-order chi connectivity index (χ1) is 7.15. The lowest BCUT2D eigenvalue weighted by atomic mass is 10.1. The Morgan fingerprint density at radius 1 is 1.53 bits per heavy atom. The zero-order chi connectivity index (χ0) is 11.3. The molecule has 4 nitrogen and oxygen atoms in total. The molecule has 0 aliphatic carbocycles. The number of aliphatic hydroxyl groups excluding tert-OH is 1. The molecule has 2 atom stereocenters. The van der Waals surface area contributed by atoms with Crippen molar-refractivity contribution in [3.63, 3.8) is 0 Å². The minimum absolute atomic E-state index is 0.172. The highest BCUT2D eigenvalue weighted by Crippen LogP contribution is 2.14. The van der Waals surface area contributed by atoms with Crippen LogP contribution in [0.25, 0.3) is 0 Å². The Labute approximate surface area is 88.9 Å². The molecule has 1 aromatic heterocycles. The van der Waals surface area contributed by atoms with Crippen LogP contribution in [0.3, 0.4) is 0 Å². The van der Waals surface area contributed by atoms with E-state index in [2.05, 4.69) is 4.98 Å². The number of rotatable bonds is 4. The molecular formula is C11H15NO3. The molecule has 0 saturated carbocycles. The summed E-state index contributed by atoms with van der Waals surface area (Å²) in [6.07, 6.45) is 2.38. The van der Waals surface area contributed by atoms with E-state index in [-0.39, 0.29) is 6.10 Å². The Morgan fingerprint density at radius 3 is 2.67 bits per heavy atom. The number of nitrogens with zero attached hydrogens (tertiary/aromatic N) is 1. The molecule has 15 heavy (non-hydrogen) atoms. The highest BCUT2D eigenvalue weighted by molar-refractivity contribution is 5.76. The number of pyridine rings is 1. The third-order valence-electron chi connectivity index (χ3n) is 2.14. The van der Waals surface area contributed by atoms with E-state index in [1.54, 1.807) is 19.1 Å². The summed E-state index contributed by atoms with van der Waals surface area (Å²) in [5, 5.41) is 9.63. The van der Waals surface area contributed by atoms with Crippen LogP contribution in [0.1, 0.15) is 31.9 Å². The smallest absolute Gasteiger partial charge is 0.339 e. The first kappa shape index (κ1) is 11.7. The lowest BCUT2D eigenvalue weighted by Gasteiger charge is -2.14. The van der Waals surface area contributed by atoms with E-state index in [0.29, 0.717) is 5.56 Å². The highest BCUT2D eigenvalue weighted by atomic mass is 16.6. The summed E-state index contributed by atoms with van der Waals surface area (Å²) in [6, 6.07) is 3.17. The normalized spacial score (nSPS) is 14.3. The van der Waals surface area contributed by atoms with Gasteiger partial charge in [-0.3, -0.25) is 4.98 Å². The van der Waals surface area contributed by atoms with Crippen LogP contribution in [0.4, 0.5) is 0 Å². The topological polar surface area (TPSA) is 59.4 Å². The lowest BCUT2D eigenvalue weighted by Crippen LogP contribution is -2.20. The average Bonchev–Trinajstić information content (AvgIpc) is 2.29. The van der Waals surface area contributed by atoms with Gasteiger partial charge in [-0.2, -0.15) is 0 Å². The highest BCUT2D eigenvalue weighted by Gasteiger charge is 2.20. The molecule has 82 valence electrons. The third-order valence-corrected chi connectivity index (χ3v) is 2.14. The van der Waals surface area contributed by atoms with Crippen LogP contribution in [-0.4, -0.2) is 22.2 Å². The molecule has 1 N–H and O–H groups in total. The maximum absolute atomic E-state index is 11.4. The number of ether oxygens (including phenoxy) is 1. The molecule has 0 bridgehead atoms. The van der Waals surface area contributed by atoms with Gasteiger partial charge in [-0.15, -0.1) is 0 Å². The van der Waals surface area contributed by atoms with Crippen molar-refractivity contribution in [1.29, 1.82) is 0 Å². The van der Waals surface area contributed by atoms with Gasteiger partial charge in [0, 0.05) is 12.4 Å². The number of hydrogen-bond donors (Lipinski definition) is 1. The summed E-state index contributed by atoms with van der Waals surface area (Å²) in [7, 11) is 0. The Hall–Kier alpha value is -1.42. The standard InChI is InChI=1S/C11H15NO3/c1-3-8(2)15-11(14)10(13)9-4-6-12-7-5-9/h4-8,10,13H,3H2,1-2H3. The molecule has 0 aliphatic heterocycles. The summed E-state index contributed by atoms with van der Waals surface area (Å²) in [4.78, 5) is 15.2. The zero-order valence-electron chi connectivity index (χ0n) is 8.88. The minimum atomic E-state index is -1.22. The zero-order valence-corrected chi connectivity index (χ0v) is 8.88. The van der Waals surface area contributed by atoms with Crippen molar-refractivity contribution in [3.8, 4) is 0 Å². The van der Waals surface area contributed by atoms with Gasteiger partial charge < -0.3 is 9.84 Å². The summed E-state index contributed by atoms with van der Waals surface area (Å²) >= 11 is 0. The second kappa shape index (κ2) is 5.46. The molecule has 0 saturated heterocycles. The summed E-state index contributed by atoms with van der Waals surface area (Å²) in [6.45, 7) is 3.70. The van der Waals surface area contributed by atoms with Gasteiger partial charge in [0.2, 0.25) is 0 Å². The molecule has 0 spiro atoms. The molecule has 0 aliphatic rings. The van der Waals surface area contributed by atoms with Gasteiger partial charge in [0.05, 0.1) is 6.10 Å². The fourth-order valence-electron chi connectivity index (χ4n) is 1.03. The SMILES string of the molecule is CCC(C)OC(=O)C(O)c1ccncc1. The van der Waals surface area contributed by atoms with Crippen molar-refractivity contribution in [2.75, 3.05) is 0 Å². The first-order valence-electron chi connectivity index (χ1n) is 4.93. The molecule has 0 fully saturated rings. The van der Waals surface area contributed by atoms with Gasteiger partial charge in [-0.1, -0.05) is 6.92 Å². The number of aromatic nitrogens is 1. The monoisotopic (exact) mass is 209 g/mol. The van der Waals surface area contributed by atoms with Crippen molar-refractivity contribution in [3.05, 3.63) is 30.1 Å². The largest absolute Gasteiger partial charge is 0.461 e. The van der Waals surface area contributed by atoms with Crippen LogP contribution in [0.15, 0.2) is 24.5 Å². The van der Waals surface area contributed by atoms with E-state index >= 15 is 0 Å². The van der Waals surface area contributed by atoms with Crippen LogP contribution in [0, 0.1) is 0 Å². The molecule has 1 rings (SSSR count). The van der Waals surface area contributed by atoms with E-state index in [1.807, 2.05) is 6.92 Å². The van der Waals surface area contributed by atoms with E-state index in [1.165, 1.54) is 12.4 Å². The average molecular weight is 209 g/mol. The van der Waals surface area contributed by atoms with Crippen molar-refractivity contribution in [2.24, 2.45) is 0 Å². The molecule has 0 amide bonds. The predicted molar refractivity (Wildman–Crippen MR) is 55.0 cm³/mol. The number of hydrogen-bond acceptors (Lipinski definition) is 4.